The summed E-state index contributed by atoms with van der Waals surface area (Å²) in [6.07, 6.45) is 0.612. The van der Waals surface area contributed by atoms with E-state index in [9.17, 15) is 4.57 Å². The van der Waals surface area contributed by atoms with Gasteiger partial charge in [-0.05, 0) is 26.2 Å². The highest BCUT2D eigenvalue weighted by Gasteiger charge is 2.67. The molecule has 0 amide bonds. The molecule has 1 aliphatic rings. The van der Waals surface area contributed by atoms with Crippen molar-refractivity contribution >= 4 is 7.60 Å². The van der Waals surface area contributed by atoms with Crippen LogP contribution in [0, 0.1) is 17.2 Å². The van der Waals surface area contributed by atoms with Crippen LogP contribution in [0.25, 0.3) is 0 Å². The third kappa shape index (κ3) is 1.61. The summed E-state index contributed by atoms with van der Waals surface area (Å²) in [5, 5.41) is 8.16. The van der Waals surface area contributed by atoms with Gasteiger partial charge in [-0.3, -0.25) is 4.57 Å². The van der Waals surface area contributed by atoms with Gasteiger partial charge in [-0.1, -0.05) is 6.92 Å². The molecule has 5 heteroatoms. The Morgan fingerprint density at radius 3 is 2.14 bits per heavy atom. The molecule has 14 heavy (non-hydrogen) atoms. The summed E-state index contributed by atoms with van der Waals surface area (Å²) < 4.78 is 22.6. The standard InChI is InChI=1S/C9H16NO3P/c1-4-12-14(11,13-5-2)9(7-10)6-8(9)3/h8H,4-6H2,1-3H3/t8-,9-/m1/s1. The quantitative estimate of drug-likeness (QED) is 0.664. The average molecular weight is 217 g/mol. The van der Waals surface area contributed by atoms with E-state index < -0.39 is 12.8 Å². The maximum Gasteiger partial charge on any atom is 0.351 e. The minimum Gasteiger partial charge on any atom is -0.308 e. The van der Waals surface area contributed by atoms with Crippen molar-refractivity contribution < 1.29 is 13.6 Å². The second-order valence-electron chi connectivity index (χ2n) is 3.47. The number of hydrogen-bond donors (Lipinski definition) is 0. The molecule has 80 valence electrons. The Hall–Kier alpha value is -0.360. The first-order valence-electron chi connectivity index (χ1n) is 4.86. The summed E-state index contributed by atoms with van der Waals surface area (Å²) in [5.74, 6) is 0.108. The van der Waals surface area contributed by atoms with Gasteiger partial charge in [0, 0.05) is 0 Å². The van der Waals surface area contributed by atoms with Crippen molar-refractivity contribution in [3.05, 3.63) is 0 Å². The fraction of sp³-hybridized carbons (Fsp3) is 0.889. The lowest BCUT2D eigenvalue weighted by molar-refractivity contribution is 0.213. The van der Waals surface area contributed by atoms with E-state index in [4.69, 9.17) is 14.3 Å². The van der Waals surface area contributed by atoms with E-state index in [0.717, 1.165) is 0 Å². The Morgan fingerprint density at radius 2 is 1.93 bits per heavy atom. The third-order valence-electron chi connectivity index (χ3n) is 2.55. The van der Waals surface area contributed by atoms with Gasteiger partial charge < -0.3 is 9.05 Å². The molecule has 2 atom stereocenters. The fourth-order valence-electron chi connectivity index (χ4n) is 1.61. The van der Waals surface area contributed by atoms with Crippen molar-refractivity contribution in [2.24, 2.45) is 5.92 Å². The van der Waals surface area contributed by atoms with E-state index in [1.54, 1.807) is 13.8 Å². The molecule has 4 nitrogen and oxygen atoms in total. The van der Waals surface area contributed by atoms with Gasteiger partial charge in [0.25, 0.3) is 0 Å². The molecule has 0 N–H and O–H groups in total. The first-order chi connectivity index (χ1) is 6.56. The average Bonchev–Trinajstić information content (AvgIpc) is 2.79. The topological polar surface area (TPSA) is 59.3 Å². The van der Waals surface area contributed by atoms with Gasteiger partial charge in [0.15, 0.2) is 5.16 Å². The maximum atomic E-state index is 12.3. The van der Waals surface area contributed by atoms with Crippen LogP contribution in [0.3, 0.4) is 0 Å². The van der Waals surface area contributed by atoms with Crippen LogP contribution < -0.4 is 0 Å². The van der Waals surface area contributed by atoms with Crippen LogP contribution in [0.5, 0.6) is 0 Å². The van der Waals surface area contributed by atoms with E-state index in [-0.39, 0.29) is 5.92 Å². The number of nitrogens with zero attached hydrogens (tertiary/aromatic N) is 1. The Labute approximate surface area is 84.7 Å². The van der Waals surface area contributed by atoms with Gasteiger partial charge in [-0.15, -0.1) is 0 Å². The van der Waals surface area contributed by atoms with Crippen LogP contribution in [-0.2, 0) is 13.6 Å². The fourth-order valence-corrected chi connectivity index (χ4v) is 3.99. The van der Waals surface area contributed by atoms with Crippen molar-refractivity contribution in [2.45, 2.75) is 32.3 Å². The van der Waals surface area contributed by atoms with Gasteiger partial charge in [0.2, 0.25) is 0 Å². The zero-order valence-corrected chi connectivity index (χ0v) is 9.71. The molecule has 1 saturated carbocycles. The molecule has 1 rings (SSSR count). The van der Waals surface area contributed by atoms with Crippen molar-refractivity contribution in [1.29, 1.82) is 5.26 Å². The van der Waals surface area contributed by atoms with Gasteiger partial charge in [0.05, 0.1) is 19.3 Å². The zero-order valence-electron chi connectivity index (χ0n) is 8.82. The summed E-state index contributed by atoms with van der Waals surface area (Å²) in [6, 6.07) is 2.10. The van der Waals surface area contributed by atoms with E-state index in [2.05, 4.69) is 6.07 Å². The molecule has 0 aromatic heterocycles. The van der Waals surface area contributed by atoms with Gasteiger partial charge >= 0.3 is 7.60 Å². The molecule has 0 unspecified atom stereocenters. The van der Waals surface area contributed by atoms with E-state index in [0.29, 0.717) is 19.6 Å². The van der Waals surface area contributed by atoms with Crippen LogP contribution in [0.1, 0.15) is 27.2 Å². The lowest BCUT2D eigenvalue weighted by atomic mass is 10.4. The van der Waals surface area contributed by atoms with Crippen molar-refractivity contribution in [3.8, 4) is 6.07 Å². The molecule has 0 aliphatic heterocycles. The van der Waals surface area contributed by atoms with Crippen LogP contribution >= 0.6 is 7.60 Å². The first-order valence-corrected chi connectivity index (χ1v) is 6.41. The van der Waals surface area contributed by atoms with Crippen molar-refractivity contribution in [3.63, 3.8) is 0 Å². The summed E-state index contributed by atoms with van der Waals surface area (Å²) in [4.78, 5) is 0. The van der Waals surface area contributed by atoms with Crippen LogP contribution in [-0.4, -0.2) is 18.4 Å². The highest BCUT2D eigenvalue weighted by molar-refractivity contribution is 7.56. The number of nitriles is 1. The lowest BCUT2D eigenvalue weighted by Gasteiger charge is -2.21. The van der Waals surface area contributed by atoms with Crippen LogP contribution in [0.15, 0.2) is 0 Å². The number of hydrogen-bond acceptors (Lipinski definition) is 4. The highest BCUT2D eigenvalue weighted by atomic mass is 31.2. The Kier molecular flexibility index (Phi) is 3.36. The highest BCUT2D eigenvalue weighted by Crippen LogP contribution is 2.73. The largest absolute Gasteiger partial charge is 0.351 e. The normalized spacial score (nSPS) is 31.1. The second kappa shape index (κ2) is 4.02. The summed E-state index contributed by atoms with van der Waals surface area (Å²) >= 11 is 0. The Morgan fingerprint density at radius 1 is 1.50 bits per heavy atom. The zero-order chi connectivity index (χ0) is 10.8. The molecular weight excluding hydrogens is 201 g/mol. The Bertz CT molecular complexity index is 289. The summed E-state index contributed by atoms with van der Waals surface area (Å²) in [5.41, 5.74) is 0. The van der Waals surface area contributed by atoms with Crippen molar-refractivity contribution in [2.75, 3.05) is 13.2 Å². The molecule has 0 aromatic carbocycles. The predicted molar refractivity (Wildman–Crippen MR) is 53.0 cm³/mol. The minimum absolute atomic E-state index is 0.108. The Balaban J connectivity index is 2.89. The minimum atomic E-state index is -3.23. The first kappa shape index (κ1) is 11.7. The van der Waals surface area contributed by atoms with Crippen LogP contribution in [0.2, 0.25) is 0 Å². The molecular formula is C9H16NO3P. The maximum absolute atomic E-state index is 12.3. The summed E-state index contributed by atoms with van der Waals surface area (Å²) in [6.45, 7) is 6.03. The third-order valence-corrected chi connectivity index (χ3v) is 5.45. The van der Waals surface area contributed by atoms with Gasteiger partial charge in [-0.2, -0.15) is 5.26 Å². The summed E-state index contributed by atoms with van der Waals surface area (Å²) in [7, 11) is -3.23. The second-order valence-corrected chi connectivity index (χ2v) is 5.78. The molecule has 0 heterocycles. The van der Waals surface area contributed by atoms with Crippen LogP contribution in [0.4, 0.5) is 0 Å². The molecule has 1 fully saturated rings. The van der Waals surface area contributed by atoms with Crippen molar-refractivity contribution in [1.82, 2.24) is 0 Å². The van der Waals surface area contributed by atoms with E-state index in [1.165, 1.54) is 0 Å². The van der Waals surface area contributed by atoms with Gasteiger partial charge in [-0.25, -0.2) is 0 Å². The molecule has 0 saturated heterocycles. The smallest absolute Gasteiger partial charge is 0.308 e. The molecule has 1 aliphatic carbocycles. The van der Waals surface area contributed by atoms with E-state index >= 15 is 0 Å². The number of rotatable bonds is 5. The molecule has 0 radical (unpaired) electrons. The predicted octanol–water partition coefficient (Wildman–Crippen LogP) is 2.55. The monoisotopic (exact) mass is 217 g/mol. The SMILES string of the molecule is CCOP(=O)(OCC)[C@@]1(C#N)C[C@H]1C. The van der Waals surface area contributed by atoms with Gasteiger partial charge in [0.1, 0.15) is 0 Å². The lowest BCUT2D eigenvalue weighted by Crippen LogP contribution is -2.14. The van der Waals surface area contributed by atoms with E-state index in [1.807, 2.05) is 6.92 Å². The molecule has 0 spiro atoms. The molecule has 0 bridgehead atoms. The molecule has 0 aromatic rings.